The van der Waals surface area contributed by atoms with Gasteiger partial charge in [-0.1, -0.05) is 108 Å². The summed E-state index contributed by atoms with van der Waals surface area (Å²) in [7, 11) is -0.729. The molecular weight excluding hydrogens is 1060 g/mol. The molecule has 0 amide bonds. The minimum Gasteiger partial charge on any atom is -0.366 e. The average Bonchev–Trinajstić information content (AvgIpc) is 3.07. The smallest absolute Gasteiger partial charge is 0.366 e. The maximum Gasteiger partial charge on any atom is 1.00 e. The Morgan fingerprint density at radius 3 is 0.889 bits per heavy atom. The Labute approximate surface area is 362 Å². The molecule has 0 heterocycles. The number of rotatable bonds is 3. The van der Waals surface area contributed by atoms with Gasteiger partial charge >= 0.3 is 44.8 Å². The quantitative estimate of drug-likeness (QED) is 0.0545. The van der Waals surface area contributed by atoms with Crippen LogP contribution in [-0.2, 0) is 44.8 Å². The zero-order chi connectivity index (χ0) is 38.5. The zero-order valence-corrected chi connectivity index (χ0v) is 40.7. The molecule has 0 saturated carbocycles. The summed E-state index contributed by atoms with van der Waals surface area (Å²) in [4.78, 5) is 0. The second-order valence-electron chi connectivity index (χ2n) is 18.1. The summed E-state index contributed by atoms with van der Waals surface area (Å²) in [6.45, 7) is 29.6. The zero-order valence-electron chi connectivity index (χ0n) is 34.4. The first-order valence-electron chi connectivity index (χ1n) is 18.7. The molecule has 4 heteroatoms. The Morgan fingerprint density at radius 2 is 0.630 bits per heavy atom. The van der Waals surface area contributed by atoms with Crippen LogP contribution in [0.4, 0.5) is 0 Å². The third-order valence-electron chi connectivity index (χ3n) is 10.1. The van der Waals surface area contributed by atoms with E-state index in [1.165, 1.54) is 33.9 Å². The van der Waals surface area contributed by atoms with Crippen LogP contribution in [0.5, 0.6) is 0 Å². The first-order chi connectivity index (χ1) is 24.3. The van der Waals surface area contributed by atoms with Crippen molar-refractivity contribution in [2.75, 3.05) is 12.3 Å². The maximum absolute atomic E-state index is 7.35. The van der Waals surface area contributed by atoms with Crippen LogP contribution in [0.3, 0.4) is 0 Å². The summed E-state index contributed by atoms with van der Waals surface area (Å²) < 4.78 is 0. The van der Waals surface area contributed by atoms with Crippen LogP contribution in [0, 0.1) is 24.7 Å². The summed E-state index contributed by atoms with van der Waals surface area (Å²) in [5.74, 6) is 5.02. The first-order valence-corrected chi connectivity index (χ1v) is 22.1. The first kappa shape index (κ1) is 48.0. The molecule has 290 valence electrons. The average molecular weight is 1120 g/mol. The van der Waals surface area contributed by atoms with E-state index in [4.69, 9.17) is 12.8 Å². The molecule has 0 aliphatic carbocycles. The van der Waals surface area contributed by atoms with Gasteiger partial charge in [-0.05, 0) is 115 Å². The molecule has 0 aliphatic heterocycles. The van der Waals surface area contributed by atoms with Crippen molar-refractivity contribution in [1.82, 2.24) is 0 Å². The molecular formula is C50H60Au2P2+2. The fourth-order valence-electron chi connectivity index (χ4n) is 8.32. The van der Waals surface area contributed by atoms with E-state index in [1.807, 2.05) is 72.8 Å². The largest absolute Gasteiger partial charge is 1.00 e. The fraction of sp³-hybridized carbons (Fsp3) is 0.360. The van der Waals surface area contributed by atoms with Gasteiger partial charge in [0.25, 0.3) is 0 Å². The number of fused-ring (bicyclic) bond motifs is 6. The molecule has 0 radical (unpaired) electrons. The van der Waals surface area contributed by atoms with Crippen LogP contribution in [0.2, 0.25) is 0 Å². The molecule has 0 fully saturated rings. The van der Waals surface area contributed by atoms with Gasteiger partial charge in [-0.3, -0.25) is 11.8 Å². The summed E-state index contributed by atoms with van der Waals surface area (Å²) >= 11 is 0. The SMILES string of the molecule is CC(C)(C)[PH+](CC[PH+](C(C)(C)C)C(C)(C)C)C(C)(C)C.[Au+].[Au+].[C-]#Cc1cc2ccccc2c2ccccc12.[C-]#Cc1cc2ccccc2c2ccccc12. The Kier molecular flexibility index (Phi) is 17.6. The Hall–Kier alpha value is -2.18. The van der Waals surface area contributed by atoms with Crippen molar-refractivity contribution in [3.05, 3.63) is 133 Å². The minimum absolute atomic E-state index is 0. The van der Waals surface area contributed by atoms with Gasteiger partial charge in [-0.15, -0.1) is 23.3 Å². The van der Waals surface area contributed by atoms with Crippen LogP contribution in [0.1, 0.15) is 94.2 Å². The van der Waals surface area contributed by atoms with Gasteiger partial charge in [0, 0.05) is 15.8 Å². The van der Waals surface area contributed by atoms with Gasteiger partial charge < -0.3 is 12.8 Å². The molecule has 0 unspecified atom stereocenters. The van der Waals surface area contributed by atoms with Crippen LogP contribution in [-0.4, -0.2) is 32.9 Å². The van der Waals surface area contributed by atoms with Gasteiger partial charge in [0.1, 0.15) is 0 Å². The summed E-state index contributed by atoms with van der Waals surface area (Å²) in [5, 5.41) is 11.4. The standard InChI is InChI=1S/C18H40P2.2C16H9.2Au/c1-15(2,3)19(16(4,5)6)13-14-20(17(7,8)9)18(10,11)12;2*1-2-12-11-13-7-3-4-9-15(13)16-10-6-5-8-14(12)16;;/h13-14H2,1-12H3;2*3-11H;;/q;2*-1;2*+1/p+2. The fourth-order valence-corrected chi connectivity index (χ4v) is 17.8. The summed E-state index contributed by atoms with van der Waals surface area (Å²) in [6, 6.07) is 36.9. The van der Waals surface area contributed by atoms with E-state index < -0.39 is 0 Å². The van der Waals surface area contributed by atoms with Crippen molar-refractivity contribution in [1.29, 1.82) is 0 Å². The molecule has 0 nitrogen and oxygen atoms in total. The van der Waals surface area contributed by atoms with Crippen molar-refractivity contribution < 1.29 is 44.8 Å². The third kappa shape index (κ3) is 12.2. The van der Waals surface area contributed by atoms with Crippen molar-refractivity contribution >= 4 is 58.9 Å². The van der Waals surface area contributed by atoms with Gasteiger partial charge in [0.15, 0.2) is 0 Å². The molecule has 0 N–H and O–H groups in total. The second kappa shape index (κ2) is 19.8. The van der Waals surface area contributed by atoms with Gasteiger partial charge in [-0.2, -0.15) is 0 Å². The summed E-state index contributed by atoms with van der Waals surface area (Å²) in [5.41, 5.74) is 1.71. The van der Waals surface area contributed by atoms with E-state index in [2.05, 4.69) is 131 Å². The van der Waals surface area contributed by atoms with Crippen LogP contribution < -0.4 is 0 Å². The van der Waals surface area contributed by atoms with Gasteiger partial charge in [-0.25, -0.2) is 0 Å². The van der Waals surface area contributed by atoms with Crippen molar-refractivity contribution in [3.63, 3.8) is 0 Å². The Balaban J connectivity index is 0.000000276. The molecule has 54 heavy (non-hydrogen) atoms. The predicted molar refractivity (Wildman–Crippen MR) is 241 cm³/mol. The third-order valence-corrected chi connectivity index (χ3v) is 19.3. The predicted octanol–water partition coefficient (Wildman–Crippen LogP) is 14.5. The summed E-state index contributed by atoms with van der Waals surface area (Å²) in [6.07, 6.45) is 17.7. The normalized spacial score (nSPS) is 11.9. The maximum atomic E-state index is 7.35. The topological polar surface area (TPSA) is 0 Å². The van der Waals surface area contributed by atoms with E-state index >= 15 is 0 Å². The molecule has 0 bridgehead atoms. The molecule has 0 saturated heterocycles. The van der Waals surface area contributed by atoms with Crippen LogP contribution in [0.15, 0.2) is 109 Å². The van der Waals surface area contributed by atoms with E-state index in [9.17, 15) is 0 Å². The minimum atomic E-state index is -0.364. The van der Waals surface area contributed by atoms with Crippen molar-refractivity contribution in [2.24, 2.45) is 0 Å². The van der Waals surface area contributed by atoms with E-state index in [0.29, 0.717) is 20.6 Å². The van der Waals surface area contributed by atoms with Crippen LogP contribution in [0.25, 0.3) is 43.1 Å². The second-order valence-corrected chi connectivity index (χ2v) is 27.0. The van der Waals surface area contributed by atoms with Crippen LogP contribution >= 0.6 is 15.8 Å². The molecule has 6 aromatic rings. The van der Waals surface area contributed by atoms with E-state index in [0.717, 1.165) is 32.7 Å². The molecule has 6 aromatic carbocycles. The molecule has 0 aromatic heterocycles. The Morgan fingerprint density at radius 1 is 0.389 bits per heavy atom. The molecule has 6 rings (SSSR count). The molecule has 0 atom stereocenters. The van der Waals surface area contributed by atoms with Gasteiger partial charge in [0.2, 0.25) is 0 Å². The van der Waals surface area contributed by atoms with Crippen molar-refractivity contribution in [3.8, 4) is 11.8 Å². The number of hydrogen-bond acceptors (Lipinski definition) is 0. The van der Waals surface area contributed by atoms with E-state index in [1.54, 1.807) is 0 Å². The Bertz CT molecular complexity index is 2040. The van der Waals surface area contributed by atoms with E-state index in [-0.39, 0.29) is 60.6 Å². The number of benzene rings is 6. The molecule has 0 spiro atoms. The monoisotopic (exact) mass is 1120 g/mol. The molecule has 0 aliphatic rings. The van der Waals surface area contributed by atoms with Gasteiger partial charge in [0.05, 0.1) is 32.9 Å². The number of hydrogen-bond donors (Lipinski definition) is 0. The van der Waals surface area contributed by atoms with Crippen molar-refractivity contribution in [2.45, 2.75) is 104 Å².